The molecule has 0 aromatic carbocycles. The Morgan fingerprint density at radius 3 is 1.69 bits per heavy atom. The molecule has 6 nitrogen and oxygen atoms in total. The Morgan fingerprint density at radius 1 is 0.750 bits per heavy atom. The Labute approximate surface area is 223 Å². The number of phosphoric acid groups is 1. The summed E-state index contributed by atoms with van der Waals surface area (Å²) >= 11 is 0. The van der Waals surface area contributed by atoms with Crippen LogP contribution in [0.4, 0.5) is 0 Å². The molecule has 7 heteroatoms. The largest absolute Gasteiger partial charge is 0.472 e. The second-order valence-corrected chi connectivity index (χ2v) is 11.2. The highest BCUT2D eigenvalue weighted by atomic mass is 31.2. The molecule has 0 spiro atoms. The molecule has 0 aliphatic carbocycles. The van der Waals surface area contributed by atoms with Gasteiger partial charge in [-0.25, -0.2) is 4.57 Å². The first kappa shape index (κ1) is 35.3. The Balaban J connectivity index is 0.000000802. The zero-order valence-electron chi connectivity index (χ0n) is 24.0. The second-order valence-electron chi connectivity index (χ2n) is 9.79. The molecule has 0 fully saturated rings. The number of hydrogen-bond donors (Lipinski definition) is 2. The van der Waals surface area contributed by atoms with E-state index in [0.717, 1.165) is 38.8 Å². The highest BCUT2D eigenvalue weighted by molar-refractivity contribution is 7.47. The van der Waals surface area contributed by atoms with Crippen LogP contribution in [0.25, 0.3) is 0 Å². The van der Waals surface area contributed by atoms with Crippen LogP contribution in [0.15, 0.2) is 17.1 Å². The lowest BCUT2D eigenvalue weighted by atomic mass is 10.1. The maximum absolute atomic E-state index is 11.1. The van der Waals surface area contributed by atoms with Crippen molar-refractivity contribution in [3.8, 4) is 0 Å². The van der Waals surface area contributed by atoms with Crippen LogP contribution in [-0.4, -0.2) is 37.0 Å². The number of rotatable bonds is 24. The number of amidine groups is 1. The molecule has 1 aliphatic rings. The summed E-state index contributed by atoms with van der Waals surface area (Å²) in [7, 11) is -3.75. The molecule has 0 aromatic heterocycles. The molecule has 0 bridgehead atoms. The van der Waals surface area contributed by atoms with E-state index in [4.69, 9.17) is 13.9 Å². The van der Waals surface area contributed by atoms with Gasteiger partial charge in [-0.3, -0.25) is 14.0 Å². The van der Waals surface area contributed by atoms with Crippen molar-refractivity contribution < 1.29 is 18.5 Å². The first-order chi connectivity index (χ1) is 17.6. The highest BCUT2D eigenvalue weighted by Crippen LogP contribution is 2.43. The van der Waals surface area contributed by atoms with Crippen molar-refractivity contribution in [2.24, 2.45) is 4.99 Å². The van der Waals surface area contributed by atoms with Gasteiger partial charge in [-0.2, -0.15) is 0 Å². The van der Waals surface area contributed by atoms with Crippen LogP contribution in [0.2, 0.25) is 0 Å². The molecule has 214 valence electrons. The summed E-state index contributed by atoms with van der Waals surface area (Å²) in [5.41, 5.74) is 0. The van der Waals surface area contributed by atoms with E-state index in [1.807, 2.05) is 13.8 Å². The summed E-state index contributed by atoms with van der Waals surface area (Å²) in [4.78, 5) is 13.5. The SMILES string of the molecule is CCCCCCCC/C=C\CCCCCCCCC1=NCCN1.CCCCOP(=O)(O)OCCCC. The minimum atomic E-state index is -3.75. The van der Waals surface area contributed by atoms with Gasteiger partial charge >= 0.3 is 7.82 Å². The third-order valence-corrected chi connectivity index (χ3v) is 7.19. The Kier molecular flexibility index (Phi) is 26.8. The van der Waals surface area contributed by atoms with E-state index >= 15 is 0 Å². The van der Waals surface area contributed by atoms with E-state index in [9.17, 15) is 4.57 Å². The van der Waals surface area contributed by atoms with Gasteiger partial charge in [0.05, 0.1) is 25.6 Å². The minimum Gasteiger partial charge on any atom is -0.372 e. The number of nitrogens with zero attached hydrogens (tertiary/aromatic N) is 1. The van der Waals surface area contributed by atoms with Gasteiger partial charge in [0.15, 0.2) is 0 Å². The maximum Gasteiger partial charge on any atom is 0.472 e. The van der Waals surface area contributed by atoms with Crippen molar-refractivity contribution in [1.82, 2.24) is 5.32 Å². The first-order valence-electron chi connectivity index (χ1n) is 15.1. The smallest absolute Gasteiger partial charge is 0.372 e. The molecule has 0 saturated carbocycles. The topological polar surface area (TPSA) is 80.2 Å². The van der Waals surface area contributed by atoms with E-state index in [2.05, 4.69) is 29.4 Å². The average Bonchev–Trinajstić information content (AvgIpc) is 3.38. The monoisotopic (exact) mass is 530 g/mol. The molecule has 36 heavy (non-hydrogen) atoms. The van der Waals surface area contributed by atoms with E-state index in [0.29, 0.717) is 0 Å². The van der Waals surface area contributed by atoms with Gasteiger partial charge in [-0.05, 0) is 44.9 Å². The summed E-state index contributed by atoms with van der Waals surface area (Å²) in [6.45, 7) is 8.88. The van der Waals surface area contributed by atoms with Gasteiger partial charge < -0.3 is 10.2 Å². The lowest BCUT2D eigenvalue weighted by molar-refractivity contribution is 0.146. The molecule has 2 N–H and O–H groups in total. The Morgan fingerprint density at radius 2 is 1.22 bits per heavy atom. The number of aliphatic imine (C=N–C) groups is 1. The summed E-state index contributed by atoms with van der Waals surface area (Å²) < 4.78 is 20.5. The van der Waals surface area contributed by atoms with Gasteiger partial charge in [-0.15, -0.1) is 0 Å². The van der Waals surface area contributed by atoms with E-state index in [1.165, 1.54) is 102 Å². The van der Waals surface area contributed by atoms with Crippen LogP contribution >= 0.6 is 7.82 Å². The zero-order valence-corrected chi connectivity index (χ0v) is 24.9. The van der Waals surface area contributed by atoms with Crippen LogP contribution < -0.4 is 5.32 Å². The fourth-order valence-corrected chi connectivity index (χ4v) is 4.63. The molecule has 0 saturated heterocycles. The number of phosphoric ester groups is 1. The lowest BCUT2D eigenvalue weighted by Gasteiger charge is -2.10. The summed E-state index contributed by atoms with van der Waals surface area (Å²) in [5, 5.41) is 3.35. The van der Waals surface area contributed by atoms with Crippen LogP contribution in [-0.2, 0) is 13.6 Å². The number of nitrogens with one attached hydrogen (secondary N) is 1. The summed E-state index contributed by atoms with van der Waals surface area (Å²) in [6, 6.07) is 0. The van der Waals surface area contributed by atoms with E-state index in [1.54, 1.807) is 0 Å². The number of allylic oxidation sites excluding steroid dienone is 2. The van der Waals surface area contributed by atoms with Crippen LogP contribution in [0.5, 0.6) is 0 Å². The minimum absolute atomic E-state index is 0.288. The molecular weight excluding hydrogens is 471 g/mol. The van der Waals surface area contributed by atoms with Crippen molar-refractivity contribution in [3.63, 3.8) is 0 Å². The zero-order chi connectivity index (χ0) is 26.6. The molecule has 0 radical (unpaired) electrons. The maximum atomic E-state index is 11.1. The van der Waals surface area contributed by atoms with Gasteiger partial charge in [0.2, 0.25) is 0 Å². The van der Waals surface area contributed by atoms with Crippen molar-refractivity contribution in [1.29, 1.82) is 0 Å². The van der Waals surface area contributed by atoms with Crippen molar-refractivity contribution in [3.05, 3.63) is 12.2 Å². The third kappa shape index (κ3) is 26.4. The van der Waals surface area contributed by atoms with Gasteiger partial charge in [0, 0.05) is 13.0 Å². The lowest BCUT2D eigenvalue weighted by Crippen LogP contribution is -2.17. The normalized spacial score (nSPS) is 13.5. The molecular formula is C29H59N2O4P. The van der Waals surface area contributed by atoms with Crippen molar-refractivity contribution in [2.45, 2.75) is 143 Å². The fourth-order valence-electron chi connectivity index (χ4n) is 3.84. The third-order valence-electron chi connectivity index (χ3n) is 6.17. The molecule has 1 heterocycles. The summed E-state index contributed by atoms with van der Waals surface area (Å²) in [5.74, 6) is 1.25. The Hall–Kier alpha value is -0.680. The molecule has 0 unspecified atom stereocenters. The summed E-state index contributed by atoms with van der Waals surface area (Å²) in [6.07, 6.45) is 28.7. The fraction of sp³-hybridized carbons (Fsp3) is 0.897. The van der Waals surface area contributed by atoms with E-state index in [-0.39, 0.29) is 13.2 Å². The van der Waals surface area contributed by atoms with Crippen LogP contribution in [0.3, 0.4) is 0 Å². The quantitative estimate of drug-likeness (QED) is 0.0739. The van der Waals surface area contributed by atoms with E-state index < -0.39 is 7.82 Å². The average molecular weight is 531 g/mol. The predicted octanol–water partition coefficient (Wildman–Crippen LogP) is 9.14. The predicted molar refractivity (Wildman–Crippen MR) is 156 cm³/mol. The van der Waals surface area contributed by atoms with Crippen molar-refractivity contribution in [2.75, 3.05) is 26.3 Å². The standard InChI is InChI=1S/C21H40N2.C8H19O4P/c1-2-3-4-5-6-7-8-9-10-11-12-13-14-15-16-17-18-21-22-19-20-23-21;1-3-5-7-11-13(9,10)12-8-6-4-2/h9-10H,2-8,11-20H2,1H3,(H,22,23);3-8H2,1-2H3,(H,9,10)/b10-9-;. The number of unbranched alkanes of at least 4 members (excludes halogenated alkanes) is 14. The highest BCUT2D eigenvalue weighted by Gasteiger charge is 2.19. The van der Waals surface area contributed by atoms with Crippen LogP contribution in [0, 0.1) is 0 Å². The molecule has 0 amide bonds. The van der Waals surface area contributed by atoms with Gasteiger partial charge in [-0.1, -0.05) is 104 Å². The first-order valence-corrected chi connectivity index (χ1v) is 16.6. The molecule has 0 aromatic rings. The molecule has 0 atom stereocenters. The molecule has 1 rings (SSSR count). The number of hydrogen-bond acceptors (Lipinski definition) is 5. The van der Waals surface area contributed by atoms with Gasteiger partial charge in [0.1, 0.15) is 0 Å². The van der Waals surface area contributed by atoms with Crippen LogP contribution in [0.1, 0.15) is 143 Å². The second kappa shape index (κ2) is 27.4. The molecule has 1 aliphatic heterocycles. The van der Waals surface area contributed by atoms with Gasteiger partial charge in [0.25, 0.3) is 0 Å². The Bertz CT molecular complexity index is 555. The van der Waals surface area contributed by atoms with Crippen molar-refractivity contribution >= 4 is 13.7 Å².